The van der Waals surface area contributed by atoms with Gasteiger partial charge in [-0.1, -0.05) is 65.1 Å². The lowest BCUT2D eigenvalue weighted by atomic mass is 10.1. The number of carbonyl (C=O) groups excluding carboxylic acids is 1. The quantitative estimate of drug-likeness (QED) is 0.612. The fourth-order valence-electron chi connectivity index (χ4n) is 1.86. The van der Waals surface area contributed by atoms with E-state index in [1.165, 1.54) is 0 Å². The van der Waals surface area contributed by atoms with Gasteiger partial charge in [0, 0.05) is 0 Å². The van der Waals surface area contributed by atoms with Gasteiger partial charge in [0.05, 0.1) is 19.2 Å². The number of benzene rings is 1. The highest BCUT2D eigenvalue weighted by molar-refractivity contribution is 6.68. The first-order valence-corrected chi connectivity index (χ1v) is 7.74. The van der Waals surface area contributed by atoms with Gasteiger partial charge in [0.2, 0.25) is 9.70 Å². The lowest BCUT2D eigenvalue weighted by molar-refractivity contribution is -0.121. The maximum atomic E-state index is 12.1. The Bertz CT molecular complexity index is 583. The van der Waals surface area contributed by atoms with Crippen LogP contribution in [-0.2, 0) is 17.8 Å². The van der Waals surface area contributed by atoms with E-state index in [0.29, 0.717) is 12.3 Å². The van der Waals surface area contributed by atoms with Crippen molar-refractivity contribution in [3.8, 4) is 0 Å². The molecule has 1 heterocycles. The molecule has 1 atom stereocenters. The number of hydrogen-bond acceptors (Lipinski definition) is 3. The van der Waals surface area contributed by atoms with Crippen molar-refractivity contribution in [1.82, 2.24) is 10.6 Å². The van der Waals surface area contributed by atoms with Crippen molar-refractivity contribution in [1.29, 1.82) is 0 Å². The second kappa shape index (κ2) is 7.88. The number of furan rings is 1. The van der Waals surface area contributed by atoms with E-state index in [-0.39, 0.29) is 12.3 Å². The van der Waals surface area contributed by atoms with Crippen molar-refractivity contribution >= 4 is 40.7 Å². The number of rotatable bonds is 6. The second-order valence-electron chi connectivity index (χ2n) is 4.66. The zero-order valence-electron chi connectivity index (χ0n) is 11.6. The van der Waals surface area contributed by atoms with E-state index in [1.807, 2.05) is 30.3 Å². The van der Waals surface area contributed by atoms with E-state index >= 15 is 0 Å². The van der Waals surface area contributed by atoms with Gasteiger partial charge < -0.3 is 9.73 Å². The molecule has 2 N–H and O–H groups in total. The van der Waals surface area contributed by atoms with E-state index in [1.54, 1.807) is 18.4 Å². The summed E-state index contributed by atoms with van der Waals surface area (Å²) < 4.78 is 3.51. The van der Waals surface area contributed by atoms with Crippen molar-refractivity contribution < 1.29 is 9.21 Å². The van der Waals surface area contributed by atoms with Crippen LogP contribution in [0.25, 0.3) is 0 Å². The van der Waals surface area contributed by atoms with E-state index in [2.05, 4.69) is 10.6 Å². The Morgan fingerprint density at radius 3 is 2.45 bits per heavy atom. The number of nitrogens with one attached hydrogen (secondary N) is 2. The third kappa shape index (κ3) is 5.54. The SMILES string of the molecule is O=C(Cc1ccccc1)N[C@@H](NCc1ccco1)C(Cl)(Cl)Cl. The van der Waals surface area contributed by atoms with Gasteiger partial charge in [0.1, 0.15) is 11.9 Å². The fraction of sp³-hybridized carbons (Fsp3) is 0.267. The molecule has 1 amide bonds. The zero-order valence-corrected chi connectivity index (χ0v) is 13.8. The molecule has 0 fully saturated rings. The minimum atomic E-state index is -1.68. The fourth-order valence-corrected chi connectivity index (χ4v) is 2.25. The summed E-state index contributed by atoms with van der Waals surface area (Å²) in [5, 5.41) is 5.64. The molecule has 22 heavy (non-hydrogen) atoms. The van der Waals surface area contributed by atoms with Gasteiger partial charge in [0.15, 0.2) is 0 Å². The smallest absolute Gasteiger partial charge is 0.225 e. The molecule has 2 rings (SSSR count). The molecule has 1 aromatic carbocycles. The van der Waals surface area contributed by atoms with Crippen LogP contribution >= 0.6 is 34.8 Å². The van der Waals surface area contributed by atoms with Crippen molar-refractivity contribution in [2.24, 2.45) is 0 Å². The summed E-state index contributed by atoms with van der Waals surface area (Å²) in [6.07, 6.45) is 0.925. The average molecular weight is 362 g/mol. The Hall–Kier alpha value is -1.20. The summed E-state index contributed by atoms with van der Waals surface area (Å²) in [6, 6.07) is 12.9. The molecule has 0 unspecified atom stereocenters. The van der Waals surface area contributed by atoms with Gasteiger partial charge in [0.25, 0.3) is 0 Å². The van der Waals surface area contributed by atoms with Crippen molar-refractivity contribution in [3.63, 3.8) is 0 Å². The van der Waals surface area contributed by atoms with E-state index in [0.717, 1.165) is 5.56 Å². The molecule has 2 aromatic rings. The molecule has 0 saturated carbocycles. The van der Waals surface area contributed by atoms with Crippen LogP contribution in [0.15, 0.2) is 53.1 Å². The highest BCUT2D eigenvalue weighted by Gasteiger charge is 2.33. The van der Waals surface area contributed by atoms with Crippen LogP contribution in [0.5, 0.6) is 0 Å². The number of carbonyl (C=O) groups is 1. The minimum absolute atomic E-state index is 0.209. The Kier molecular flexibility index (Phi) is 6.15. The van der Waals surface area contributed by atoms with Crippen LogP contribution in [0.1, 0.15) is 11.3 Å². The summed E-state index contributed by atoms with van der Waals surface area (Å²) in [5.41, 5.74) is 0.883. The topological polar surface area (TPSA) is 54.3 Å². The largest absolute Gasteiger partial charge is 0.468 e. The molecule has 1 aromatic heterocycles. The molecule has 0 spiro atoms. The summed E-state index contributed by atoms with van der Waals surface area (Å²) in [4.78, 5) is 12.1. The molecule has 0 aliphatic carbocycles. The van der Waals surface area contributed by atoms with Gasteiger partial charge in [-0.25, -0.2) is 0 Å². The summed E-state index contributed by atoms with van der Waals surface area (Å²) in [6.45, 7) is 0.331. The Morgan fingerprint density at radius 2 is 1.86 bits per heavy atom. The summed E-state index contributed by atoms with van der Waals surface area (Å²) in [7, 11) is 0. The van der Waals surface area contributed by atoms with Gasteiger partial charge in [-0.3, -0.25) is 10.1 Å². The second-order valence-corrected chi connectivity index (χ2v) is 7.03. The summed E-state index contributed by atoms with van der Waals surface area (Å²) >= 11 is 17.7. The van der Waals surface area contributed by atoms with Gasteiger partial charge in [-0.2, -0.15) is 0 Å². The first-order chi connectivity index (χ1) is 10.4. The lowest BCUT2D eigenvalue weighted by Crippen LogP contribution is -2.53. The number of hydrogen-bond donors (Lipinski definition) is 2. The molecule has 0 aliphatic rings. The van der Waals surface area contributed by atoms with Crippen molar-refractivity contribution in [2.45, 2.75) is 22.9 Å². The first kappa shape index (κ1) is 17.2. The van der Waals surface area contributed by atoms with Crippen molar-refractivity contribution in [3.05, 3.63) is 60.1 Å². The van der Waals surface area contributed by atoms with Gasteiger partial charge in [-0.05, 0) is 17.7 Å². The third-order valence-corrected chi connectivity index (χ3v) is 3.56. The van der Waals surface area contributed by atoms with E-state index in [9.17, 15) is 4.79 Å². The number of alkyl halides is 3. The first-order valence-electron chi connectivity index (χ1n) is 6.61. The normalized spacial score (nSPS) is 12.9. The third-order valence-electron chi connectivity index (χ3n) is 2.90. The minimum Gasteiger partial charge on any atom is -0.468 e. The Balaban J connectivity index is 1.93. The molecule has 0 saturated heterocycles. The standard InChI is InChI=1S/C15H15Cl3N2O2/c16-15(17,18)14(19-10-12-7-4-8-22-12)20-13(21)9-11-5-2-1-3-6-11/h1-8,14,19H,9-10H2,(H,20,21)/t14-/m1/s1. The molecule has 0 bridgehead atoms. The highest BCUT2D eigenvalue weighted by atomic mass is 35.6. The predicted molar refractivity (Wildman–Crippen MR) is 87.9 cm³/mol. The number of halogens is 3. The maximum Gasteiger partial charge on any atom is 0.225 e. The molecule has 0 aliphatic heterocycles. The molecule has 4 nitrogen and oxygen atoms in total. The van der Waals surface area contributed by atoms with E-state index in [4.69, 9.17) is 39.2 Å². The zero-order chi connectivity index (χ0) is 16.0. The lowest BCUT2D eigenvalue weighted by Gasteiger charge is -2.26. The maximum absolute atomic E-state index is 12.1. The molecule has 7 heteroatoms. The molecule has 118 valence electrons. The Morgan fingerprint density at radius 1 is 1.14 bits per heavy atom. The average Bonchev–Trinajstić information content (AvgIpc) is 2.96. The van der Waals surface area contributed by atoms with Crippen molar-refractivity contribution in [2.75, 3.05) is 0 Å². The van der Waals surface area contributed by atoms with Crippen LogP contribution in [0.4, 0.5) is 0 Å². The molecule has 0 radical (unpaired) electrons. The van der Waals surface area contributed by atoms with Crippen LogP contribution in [0.2, 0.25) is 0 Å². The van der Waals surface area contributed by atoms with Crippen LogP contribution in [-0.4, -0.2) is 15.9 Å². The molecular formula is C15H15Cl3N2O2. The molecular weight excluding hydrogens is 347 g/mol. The van der Waals surface area contributed by atoms with Gasteiger partial charge >= 0.3 is 0 Å². The monoisotopic (exact) mass is 360 g/mol. The van der Waals surface area contributed by atoms with Gasteiger partial charge in [-0.15, -0.1) is 0 Å². The van der Waals surface area contributed by atoms with Crippen LogP contribution in [0.3, 0.4) is 0 Å². The van der Waals surface area contributed by atoms with Crippen LogP contribution < -0.4 is 10.6 Å². The summed E-state index contributed by atoms with van der Waals surface area (Å²) in [5.74, 6) is 0.436. The van der Waals surface area contributed by atoms with E-state index < -0.39 is 9.96 Å². The highest BCUT2D eigenvalue weighted by Crippen LogP contribution is 2.29. The van der Waals surface area contributed by atoms with Crippen LogP contribution in [0, 0.1) is 0 Å². The number of amides is 1. The predicted octanol–water partition coefficient (Wildman–Crippen LogP) is 3.42. The Labute approximate surface area is 143 Å².